The molecule has 4 nitrogen and oxygen atoms in total. The van der Waals surface area contributed by atoms with E-state index in [1.165, 1.54) is 5.56 Å². The molecule has 0 aliphatic rings. The first kappa shape index (κ1) is 15.7. The molecule has 0 bridgehead atoms. The largest absolute Gasteiger partial charge is 0.354 e. The van der Waals surface area contributed by atoms with Crippen molar-refractivity contribution in [3.8, 4) is 0 Å². The van der Waals surface area contributed by atoms with Gasteiger partial charge in [-0.25, -0.2) is 0 Å². The summed E-state index contributed by atoms with van der Waals surface area (Å²) in [5.41, 5.74) is 1.26. The van der Waals surface area contributed by atoms with Crippen LogP contribution < -0.4 is 5.32 Å². The molecule has 19 heavy (non-hydrogen) atoms. The van der Waals surface area contributed by atoms with Crippen molar-refractivity contribution in [2.24, 2.45) is 0 Å². The van der Waals surface area contributed by atoms with E-state index in [4.69, 9.17) is 9.47 Å². The first-order chi connectivity index (χ1) is 9.17. The molecule has 0 heterocycles. The molecule has 106 valence electrons. The van der Waals surface area contributed by atoms with Gasteiger partial charge in [0.1, 0.15) is 0 Å². The van der Waals surface area contributed by atoms with Gasteiger partial charge in [-0.2, -0.15) is 0 Å². The molecule has 1 N–H and O–H groups in total. The van der Waals surface area contributed by atoms with Crippen molar-refractivity contribution in [1.82, 2.24) is 5.32 Å². The molecule has 0 saturated heterocycles. The zero-order valence-corrected chi connectivity index (χ0v) is 11.9. The minimum absolute atomic E-state index is 0.0301. The molecule has 1 amide bonds. The van der Waals surface area contributed by atoms with Crippen molar-refractivity contribution in [2.75, 3.05) is 14.2 Å². The van der Waals surface area contributed by atoms with E-state index in [0.29, 0.717) is 6.42 Å². The quantitative estimate of drug-likeness (QED) is 0.733. The second kappa shape index (κ2) is 8.67. The average molecular weight is 265 g/mol. The highest BCUT2D eigenvalue weighted by Gasteiger charge is 2.17. The number of aryl methyl sites for hydroxylation is 1. The number of hydrogen-bond acceptors (Lipinski definition) is 3. The Hall–Kier alpha value is -1.39. The van der Waals surface area contributed by atoms with Crippen LogP contribution in [0.4, 0.5) is 0 Å². The summed E-state index contributed by atoms with van der Waals surface area (Å²) in [4.78, 5) is 11.8. The van der Waals surface area contributed by atoms with Crippen molar-refractivity contribution >= 4 is 5.91 Å². The molecule has 0 fully saturated rings. The molecular weight excluding hydrogens is 242 g/mol. The minimum Gasteiger partial charge on any atom is -0.354 e. The molecule has 1 unspecified atom stereocenters. The average Bonchev–Trinajstić information content (AvgIpc) is 2.41. The van der Waals surface area contributed by atoms with Crippen LogP contribution in [0.1, 0.15) is 25.3 Å². The highest BCUT2D eigenvalue weighted by atomic mass is 16.7. The molecule has 0 aromatic heterocycles. The SMILES string of the molecule is COC(OC)C(C)NC(=O)CCCc1ccccc1. The number of amides is 1. The monoisotopic (exact) mass is 265 g/mol. The van der Waals surface area contributed by atoms with Gasteiger partial charge in [-0.3, -0.25) is 4.79 Å². The predicted molar refractivity (Wildman–Crippen MR) is 74.8 cm³/mol. The summed E-state index contributed by atoms with van der Waals surface area (Å²) in [5.74, 6) is 0.0301. The van der Waals surface area contributed by atoms with Gasteiger partial charge in [0.2, 0.25) is 5.91 Å². The van der Waals surface area contributed by atoms with Crippen LogP contribution in [0.25, 0.3) is 0 Å². The summed E-state index contributed by atoms with van der Waals surface area (Å²) >= 11 is 0. The van der Waals surface area contributed by atoms with E-state index in [0.717, 1.165) is 12.8 Å². The Morgan fingerprint density at radius 3 is 2.42 bits per heavy atom. The minimum atomic E-state index is -0.405. The van der Waals surface area contributed by atoms with Crippen LogP contribution >= 0.6 is 0 Å². The maximum atomic E-state index is 11.8. The van der Waals surface area contributed by atoms with Crippen LogP contribution in [0.2, 0.25) is 0 Å². The van der Waals surface area contributed by atoms with Crippen molar-refractivity contribution < 1.29 is 14.3 Å². The van der Waals surface area contributed by atoms with Crippen LogP contribution in [0, 0.1) is 0 Å². The third kappa shape index (κ3) is 5.85. The van der Waals surface area contributed by atoms with E-state index < -0.39 is 6.29 Å². The number of nitrogens with one attached hydrogen (secondary N) is 1. The highest BCUT2D eigenvalue weighted by Crippen LogP contribution is 2.05. The standard InChI is InChI=1S/C15H23NO3/c1-12(15(18-2)19-3)16-14(17)11-7-10-13-8-5-4-6-9-13/h4-6,8-9,12,15H,7,10-11H2,1-3H3,(H,16,17). The van der Waals surface area contributed by atoms with Gasteiger partial charge in [0.25, 0.3) is 0 Å². The molecule has 1 atom stereocenters. The van der Waals surface area contributed by atoms with Crippen LogP contribution in [0.15, 0.2) is 30.3 Å². The van der Waals surface area contributed by atoms with E-state index in [1.54, 1.807) is 14.2 Å². The molecule has 0 spiro atoms. The van der Waals surface area contributed by atoms with Crippen LogP contribution in [0.5, 0.6) is 0 Å². The van der Waals surface area contributed by atoms with Gasteiger partial charge in [-0.15, -0.1) is 0 Å². The van der Waals surface area contributed by atoms with Crippen molar-refractivity contribution in [2.45, 2.75) is 38.5 Å². The lowest BCUT2D eigenvalue weighted by Gasteiger charge is -2.22. The summed E-state index contributed by atoms with van der Waals surface area (Å²) < 4.78 is 10.2. The van der Waals surface area contributed by atoms with E-state index >= 15 is 0 Å². The van der Waals surface area contributed by atoms with Crippen LogP contribution in [0.3, 0.4) is 0 Å². The molecule has 0 radical (unpaired) electrons. The first-order valence-corrected chi connectivity index (χ1v) is 6.56. The summed E-state index contributed by atoms with van der Waals surface area (Å²) in [6, 6.07) is 10.0. The fraction of sp³-hybridized carbons (Fsp3) is 0.533. The van der Waals surface area contributed by atoms with Gasteiger partial charge in [0.05, 0.1) is 6.04 Å². The Morgan fingerprint density at radius 2 is 1.84 bits per heavy atom. The number of ether oxygens (including phenoxy) is 2. The van der Waals surface area contributed by atoms with Crippen LogP contribution in [-0.4, -0.2) is 32.5 Å². The lowest BCUT2D eigenvalue weighted by molar-refractivity contribution is -0.135. The third-order valence-electron chi connectivity index (χ3n) is 2.97. The molecular formula is C15H23NO3. The molecule has 0 aliphatic heterocycles. The summed E-state index contributed by atoms with van der Waals surface area (Å²) in [7, 11) is 3.12. The van der Waals surface area contributed by atoms with E-state index in [2.05, 4.69) is 17.4 Å². The summed E-state index contributed by atoms with van der Waals surface area (Å²) in [6.45, 7) is 1.87. The molecule has 0 aliphatic carbocycles. The van der Waals surface area contributed by atoms with Gasteiger partial charge >= 0.3 is 0 Å². The van der Waals surface area contributed by atoms with E-state index in [1.807, 2.05) is 25.1 Å². The maximum absolute atomic E-state index is 11.8. The Bertz CT molecular complexity index is 363. The Labute approximate surface area is 115 Å². The highest BCUT2D eigenvalue weighted by molar-refractivity contribution is 5.76. The fourth-order valence-electron chi connectivity index (χ4n) is 2.00. The number of benzene rings is 1. The normalized spacial score (nSPS) is 12.4. The second-order valence-electron chi connectivity index (χ2n) is 4.54. The Morgan fingerprint density at radius 1 is 1.21 bits per heavy atom. The zero-order valence-electron chi connectivity index (χ0n) is 11.9. The molecule has 1 aromatic rings. The topological polar surface area (TPSA) is 47.6 Å². The Kier molecular flexibility index (Phi) is 7.15. The van der Waals surface area contributed by atoms with Crippen molar-refractivity contribution in [3.05, 3.63) is 35.9 Å². The number of hydrogen-bond donors (Lipinski definition) is 1. The van der Waals surface area contributed by atoms with Crippen molar-refractivity contribution in [3.63, 3.8) is 0 Å². The predicted octanol–water partition coefficient (Wildman–Crippen LogP) is 2.13. The molecule has 1 rings (SSSR count). The summed E-state index contributed by atoms with van der Waals surface area (Å²) in [5, 5.41) is 2.88. The number of carbonyl (C=O) groups excluding carboxylic acids is 1. The number of methoxy groups -OCH3 is 2. The first-order valence-electron chi connectivity index (χ1n) is 6.56. The van der Waals surface area contributed by atoms with Crippen LogP contribution in [-0.2, 0) is 20.7 Å². The molecule has 0 saturated carbocycles. The number of rotatable bonds is 8. The zero-order chi connectivity index (χ0) is 14.1. The molecule has 4 heteroatoms. The van der Waals surface area contributed by atoms with E-state index in [-0.39, 0.29) is 11.9 Å². The molecule has 1 aromatic carbocycles. The Balaban J connectivity index is 2.24. The smallest absolute Gasteiger partial charge is 0.220 e. The fourth-order valence-corrected chi connectivity index (χ4v) is 2.00. The second-order valence-corrected chi connectivity index (χ2v) is 4.54. The van der Waals surface area contributed by atoms with Gasteiger partial charge in [-0.1, -0.05) is 30.3 Å². The van der Waals surface area contributed by atoms with Gasteiger partial charge in [0.15, 0.2) is 6.29 Å². The van der Waals surface area contributed by atoms with Gasteiger partial charge in [0, 0.05) is 20.6 Å². The van der Waals surface area contributed by atoms with Gasteiger partial charge in [-0.05, 0) is 25.3 Å². The maximum Gasteiger partial charge on any atom is 0.220 e. The third-order valence-corrected chi connectivity index (χ3v) is 2.97. The summed E-state index contributed by atoms with van der Waals surface area (Å²) in [6.07, 6.45) is 1.87. The lowest BCUT2D eigenvalue weighted by Crippen LogP contribution is -2.42. The van der Waals surface area contributed by atoms with Crippen molar-refractivity contribution in [1.29, 1.82) is 0 Å². The van der Waals surface area contributed by atoms with E-state index in [9.17, 15) is 4.79 Å². The number of carbonyl (C=O) groups is 1. The lowest BCUT2D eigenvalue weighted by atomic mass is 10.1. The van der Waals surface area contributed by atoms with Gasteiger partial charge < -0.3 is 14.8 Å².